The first-order valence-corrected chi connectivity index (χ1v) is 16.7. The highest BCUT2D eigenvalue weighted by atomic mass is 35.5. The lowest BCUT2D eigenvalue weighted by molar-refractivity contribution is 0.0768. The average molecular weight is 649 g/mol. The third-order valence-electron chi connectivity index (χ3n) is 10.6. The summed E-state index contributed by atoms with van der Waals surface area (Å²) in [5.41, 5.74) is 0.514. The lowest BCUT2D eigenvalue weighted by Gasteiger charge is -2.36. The summed E-state index contributed by atoms with van der Waals surface area (Å²) in [5, 5.41) is 15.5. The van der Waals surface area contributed by atoms with E-state index in [-0.39, 0.29) is 33.4 Å². The topological polar surface area (TPSA) is 77.0 Å². The number of rotatable bonds is 7. The standard InChI is InChI=1S/C35H39ClF2N6O2/c1-42(2)18-23-10-12-35(11-3-13-44(23)35)19-46-34-40-32-26(33(41-34)43-16-21-5-6-22(17-43)39-21)8-7-25(31(32)38)27-15-24(45)14-20-4-9-28(37)30(36)29(20)27/h4,7-9,14-15,21-23,39,45H,3,5-6,10-13,16-19H2,1-2H3. The molecular weight excluding hydrogens is 610 g/mol. The number of nitrogens with one attached hydrogen (secondary N) is 1. The van der Waals surface area contributed by atoms with Crippen LogP contribution in [0.15, 0.2) is 36.4 Å². The molecule has 4 aliphatic heterocycles. The lowest BCUT2D eigenvalue weighted by atomic mass is 9.95. The summed E-state index contributed by atoms with van der Waals surface area (Å²) in [6, 6.07) is 10.5. The first kappa shape index (κ1) is 30.1. The van der Waals surface area contributed by atoms with Crippen LogP contribution in [-0.4, -0.2) is 95.4 Å². The molecule has 8 nitrogen and oxygen atoms in total. The number of benzene rings is 3. The molecule has 46 heavy (non-hydrogen) atoms. The number of phenols is 1. The molecule has 0 spiro atoms. The molecule has 8 rings (SSSR count). The van der Waals surface area contributed by atoms with Gasteiger partial charge in [0, 0.05) is 54.1 Å². The number of halogens is 3. The number of piperazine rings is 1. The summed E-state index contributed by atoms with van der Waals surface area (Å²) >= 11 is 6.43. The van der Waals surface area contributed by atoms with Crippen LogP contribution in [0, 0.1) is 11.6 Å². The molecule has 5 heterocycles. The number of aromatic nitrogens is 2. The summed E-state index contributed by atoms with van der Waals surface area (Å²) in [7, 11) is 4.23. The smallest absolute Gasteiger partial charge is 0.319 e. The second-order valence-electron chi connectivity index (χ2n) is 13.9. The van der Waals surface area contributed by atoms with Crippen molar-refractivity contribution in [2.75, 3.05) is 51.8 Å². The van der Waals surface area contributed by atoms with Crippen molar-refractivity contribution in [3.05, 3.63) is 53.1 Å². The maximum Gasteiger partial charge on any atom is 0.319 e. The largest absolute Gasteiger partial charge is 0.508 e. The number of fused-ring (bicyclic) bond motifs is 5. The molecule has 4 atom stereocenters. The highest BCUT2D eigenvalue weighted by Gasteiger charge is 2.50. The Bertz CT molecular complexity index is 1830. The molecule has 3 aromatic carbocycles. The summed E-state index contributed by atoms with van der Waals surface area (Å²) in [4.78, 5) is 16.7. The van der Waals surface area contributed by atoms with Crippen molar-refractivity contribution in [2.24, 2.45) is 0 Å². The SMILES string of the molecule is CN(C)CC1CCC2(COc3nc(N4CC5CCC(C4)N5)c4ccc(-c5cc(O)cc6ccc(F)c(Cl)c56)c(F)c4n3)CCCN12. The van der Waals surface area contributed by atoms with Crippen molar-refractivity contribution in [3.8, 4) is 22.9 Å². The van der Waals surface area contributed by atoms with E-state index in [0.29, 0.717) is 52.3 Å². The third-order valence-corrected chi connectivity index (χ3v) is 11.0. The van der Waals surface area contributed by atoms with Gasteiger partial charge in [-0.2, -0.15) is 9.97 Å². The fourth-order valence-corrected chi connectivity index (χ4v) is 8.90. The highest BCUT2D eigenvalue weighted by molar-refractivity contribution is 6.37. The van der Waals surface area contributed by atoms with Crippen LogP contribution in [0.25, 0.3) is 32.8 Å². The summed E-state index contributed by atoms with van der Waals surface area (Å²) < 4.78 is 38.0. The maximum absolute atomic E-state index is 16.9. The van der Waals surface area contributed by atoms with E-state index in [1.807, 2.05) is 6.07 Å². The van der Waals surface area contributed by atoms with E-state index in [0.717, 1.165) is 64.7 Å². The van der Waals surface area contributed by atoms with Crippen molar-refractivity contribution in [1.29, 1.82) is 0 Å². The molecule has 4 aromatic rings. The molecule has 4 aliphatic rings. The minimum atomic E-state index is -0.615. The fourth-order valence-electron chi connectivity index (χ4n) is 8.63. The van der Waals surface area contributed by atoms with Crippen molar-refractivity contribution in [3.63, 3.8) is 0 Å². The summed E-state index contributed by atoms with van der Waals surface area (Å²) in [5.74, 6) is -0.621. The van der Waals surface area contributed by atoms with Gasteiger partial charge in [0.1, 0.15) is 29.5 Å². The molecule has 4 unspecified atom stereocenters. The third kappa shape index (κ3) is 5.05. The van der Waals surface area contributed by atoms with E-state index >= 15 is 4.39 Å². The van der Waals surface area contributed by atoms with E-state index in [1.165, 1.54) is 24.3 Å². The molecule has 4 fully saturated rings. The van der Waals surface area contributed by atoms with E-state index in [4.69, 9.17) is 26.3 Å². The second-order valence-corrected chi connectivity index (χ2v) is 14.3. The summed E-state index contributed by atoms with van der Waals surface area (Å²) in [6.45, 7) is 4.04. The van der Waals surface area contributed by atoms with Gasteiger partial charge in [0.2, 0.25) is 0 Å². The van der Waals surface area contributed by atoms with Gasteiger partial charge >= 0.3 is 6.01 Å². The zero-order chi connectivity index (χ0) is 31.7. The molecule has 0 aliphatic carbocycles. The Kier molecular flexibility index (Phi) is 7.47. The Morgan fingerprint density at radius 2 is 1.85 bits per heavy atom. The van der Waals surface area contributed by atoms with Crippen LogP contribution in [-0.2, 0) is 0 Å². The van der Waals surface area contributed by atoms with Gasteiger partial charge in [-0.1, -0.05) is 23.7 Å². The molecule has 2 N–H and O–H groups in total. The molecular formula is C35H39ClF2N6O2. The lowest BCUT2D eigenvalue weighted by Crippen LogP contribution is -2.51. The predicted octanol–water partition coefficient (Wildman–Crippen LogP) is 5.97. The van der Waals surface area contributed by atoms with Crippen LogP contribution in [0.5, 0.6) is 11.8 Å². The summed E-state index contributed by atoms with van der Waals surface area (Å²) in [6.07, 6.45) is 6.54. The normalized spacial score (nSPS) is 26.1. The quantitative estimate of drug-likeness (QED) is 0.254. The van der Waals surface area contributed by atoms with Crippen LogP contribution < -0.4 is 15.0 Å². The zero-order valence-corrected chi connectivity index (χ0v) is 27.0. The van der Waals surface area contributed by atoms with Gasteiger partial charge < -0.3 is 25.0 Å². The van der Waals surface area contributed by atoms with E-state index in [2.05, 4.69) is 34.1 Å². The Labute approximate surface area is 272 Å². The Balaban J connectivity index is 1.22. The van der Waals surface area contributed by atoms with E-state index in [1.54, 1.807) is 6.07 Å². The van der Waals surface area contributed by atoms with Crippen LogP contribution >= 0.6 is 11.6 Å². The number of hydrogen-bond acceptors (Lipinski definition) is 8. The van der Waals surface area contributed by atoms with Gasteiger partial charge in [0.15, 0.2) is 5.82 Å². The molecule has 4 saturated heterocycles. The van der Waals surface area contributed by atoms with Crippen molar-refractivity contribution >= 4 is 39.1 Å². The van der Waals surface area contributed by atoms with Crippen molar-refractivity contribution in [1.82, 2.24) is 25.1 Å². The molecule has 0 saturated carbocycles. The first-order chi connectivity index (χ1) is 22.2. The molecule has 0 radical (unpaired) electrons. The molecule has 11 heteroatoms. The molecule has 1 aromatic heterocycles. The Morgan fingerprint density at radius 1 is 1.04 bits per heavy atom. The van der Waals surface area contributed by atoms with Gasteiger partial charge in [-0.15, -0.1) is 0 Å². The number of nitrogens with zero attached hydrogens (tertiary/aromatic N) is 5. The Morgan fingerprint density at radius 3 is 2.63 bits per heavy atom. The van der Waals surface area contributed by atoms with Gasteiger partial charge in [0.25, 0.3) is 0 Å². The Hall–Kier alpha value is -3.31. The van der Waals surface area contributed by atoms with Crippen LogP contribution in [0.4, 0.5) is 14.6 Å². The minimum absolute atomic E-state index is 0.0714. The highest BCUT2D eigenvalue weighted by Crippen LogP contribution is 2.44. The van der Waals surface area contributed by atoms with Gasteiger partial charge in [0.05, 0.1) is 10.6 Å². The van der Waals surface area contributed by atoms with Crippen molar-refractivity contribution < 1.29 is 18.6 Å². The maximum atomic E-state index is 16.9. The molecule has 2 bridgehead atoms. The number of hydrogen-bond donors (Lipinski definition) is 2. The van der Waals surface area contributed by atoms with Gasteiger partial charge in [-0.3, -0.25) is 4.90 Å². The van der Waals surface area contributed by atoms with Crippen LogP contribution in [0.1, 0.15) is 38.5 Å². The number of phenolic OH excluding ortho intramolecular Hbond substituents is 1. The van der Waals surface area contributed by atoms with Crippen molar-refractivity contribution in [2.45, 2.75) is 62.2 Å². The number of ether oxygens (including phenoxy) is 1. The average Bonchev–Trinajstić information content (AvgIpc) is 3.71. The first-order valence-electron chi connectivity index (χ1n) is 16.4. The van der Waals surface area contributed by atoms with Gasteiger partial charge in [-0.25, -0.2) is 8.78 Å². The monoisotopic (exact) mass is 648 g/mol. The zero-order valence-electron chi connectivity index (χ0n) is 26.2. The van der Waals surface area contributed by atoms with Gasteiger partial charge in [-0.05, 0) is 94.4 Å². The fraction of sp³-hybridized carbons (Fsp3) is 0.486. The number of aromatic hydroxyl groups is 1. The molecule has 0 amide bonds. The van der Waals surface area contributed by atoms with Crippen LogP contribution in [0.3, 0.4) is 0 Å². The minimum Gasteiger partial charge on any atom is -0.508 e. The number of likely N-dealkylation sites (N-methyl/N-ethyl adjacent to an activating group) is 1. The number of anilines is 1. The predicted molar refractivity (Wildman–Crippen MR) is 177 cm³/mol. The van der Waals surface area contributed by atoms with Crippen LogP contribution in [0.2, 0.25) is 5.02 Å². The molecule has 242 valence electrons. The second kappa shape index (κ2) is 11.4. The van der Waals surface area contributed by atoms with E-state index < -0.39 is 11.6 Å². The van der Waals surface area contributed by atoms with E-state index in [9.17, 15) is 9.50 Å².